The second-order valence-corrected chi connectivity index (χ2v) is 7.65. The van der Waals surface area contributed by atoms with E-state index in [1.807, 2.05) is 6.07 Å². The van der Waals surface area contributed by atoms with Gasteiger partial charge in [-0.15, -0.1) is 11.3 Å². The minimum atomic E-state index is 0.159. The summed E-state index contributed by atoms with van der Waals surface area (Å²) in [5.74, 6) is 2.09. The molecule has 2 atom stereocenters. The molecular weight excluding hydrogens is 404 g/mol. The van der Waals surface area contributed by atoms with E-state index in [2.05, 4.69) is 62.4 Å². The Morgan fingerprint density at radius 1 is 1.20 bits per heavy atom. The number of ether oxygens (including phenoxy) is 2. The Hall–Kier alpha value is -0.520. The monoisotopic (exact) mass is 416 g/mol. The molecule has 1 aromatic carbocycles. The SMILES string of the molecule is CC1COc2ccc(C(Br)c3sccc3Br)cc2OC1. The normalized spacial score (nSPS) is 19.4. The third kappa shape index (κ3) is 2.90. The van der Waals surface area contributed by atoms with Crippen molar-refractivity contribution in [2.24, 2.45) is 5.92 Å². The Kier molecular flexibility index (Phi) is 4.38. The fourth-order valence-corrected chi connectivity index (χ4v) is 4.83. The zero-order valence-corrected chi connectivity index (χ0v) is 14.9. The zero-order chi connectivity index (χ0) is 14.1. The Bertz CT molecular complexity index is 612. The molecular formula is C15H14Br2O2S. The lowest BCUT2D eigenvalue weighted by Crippen LogP contribution is -2.12. The van der Waals surface area contributed by atoms with Gasteiger partial charge >= 0.3 is 0 Å². The van der Waals surface area contributed by atoms with Crippen LogP contribution in [0.5, 0.6) is 11.5 Å². The van der Waals surface area contributed by atoms with Gasteiger partial charge in [-0.1, -0.05) is 28.9 Å². The van der Waals surface area contributed by atoms with Crippen molar-refractivity contribution in [2.75, 3.05) is 13.2 Å². The molecule has 1 aromatic heterocycles. The highest BCUT2D eigenvalue weighted by Gasteiger charge is 2.19. The standard InChI is InChI=1S/C15H14Br2O2S/c1-9-7-18-12-3-2-10(6-13(12)19-8-9)14(17)15-11(16)4-5-20-15/h2-6,9,14H,7-8H2,1H3. The summed E-state index contributed by atoms with van der Waals surface area (Å²) in [7, 11) is 0. The van der Waals surface area contributed by atoms with Gasteiger partial charge in [0.15, 0.2) is 11.5 Å². The summed E-state index contributed by atoms with van der Waals surface area (Å²) in [6.45, 7) is 3.54. The summed E-state index contributed by atoms with van der Waals surface area (Å²) in [6, 6.07) is 8.22. The highest BCUT2D eigenvalue weighted by Crippen LogP contribution is 2.42. The second kappa shape index (κ2) is 6.08. The molecule has 0 N–H and O–H groups in total. The van der Waals surface area contributed by atoms with Gasteiger partial charge in [-0.25, -0.2) is 0 Å². The number of hydrogen-bond donors (Lipinski definition) is 0. The smallest absolute Gasteiger partial charge is 0.161 e. The summed E-state index contributed by atoms with van der Waals surface area (Å²) in [6.07, 6.45) is 0. The van der Waals surface area contributed by atoms with E-state index in [-0.39, 0.29) is 4.83 Å². The lowest BCUT2D eigenvalue weighted by atomic mass is 10.1. The van der Waals surface area contributed by atoms with Crippen LogP contribution in [0.2, 0.25) is 0 Å². The van der Waals surface area contributed by atoms with Crippen molar-refractivity contribution in [3.8, 4) is 11.5 Å². The molecule has 0 aliphatic carbocycles. The number of thiophene rings is 1. The molecule has 0 spiro atoms. The van der Waals surface area contributed by atoms with Crippen LogP contribution in [0.15, 0.2) is 34.1 Å². The van der Waals surface area contributed by atoms with Crippen LogP contribution in [-0.2, 0) is 0 Å². The van der Waals surface area contributed by atoms with E-state index >= 15 is 0 Å². The summed E-state index contributed by atoms with van der Waals surface area (Å²) in [5, 5.41) is 2.08. The fourth-order valence-electron chi connectivity index (χ4n) is 2.06. The van der Waals surface area contributed by atoms with E-state index in [0.29, 0.717) is 19.1 Å². The Morgan fingerprint density at radius 3 is 2.65 bits per heavy atom. The van der Waals surface area contributed by atoms with E-state index in [9.17, 15) is 0 Å². The number of benzene rings is 1. The van der Waals surface area contributed by atoms with Crippen molar-refractivity contribution >= 4 is 43.2 Å². The summed E-state index contributed by atoms with van der Waals surface area (Å²) in [5.41, 5.74) is 1.17. The molecule has 3 rings (SSSR count). The van der Waals surface area contributed by atoms with Crippen molar-refractivity contribution in [3.63, 3.8) is 0 Å². The van der Waals surface area contributed by atoms with E-state index < -0.39 is 0 Å². The molecule has 0 bridgehead atoms. The Balaban J connectivity index is 1.91. The Labute approximate surface area is 139 Å². The van der Waals surface area contributed by atoms with E-state index in [0.717, 1.165) is 16.0 Å². The van der Waals surface area contributed by atoms with E-state index in [1.54, 1.807) is 11.3 Å². The lowest BCUT2D eigenvalue weighted by molar-refractivity contribution is 0.228. The lowest BCUT2D eigenvalue weighted by Gasteiger charge is -2.13. The number of halogens is 2. The second-order valence-electron chi connectivity index (χ2n) is 4.93. The van der Waals surface area contributed by atoms with Crippen LogP contribution in [0.3, 0.4) is 0 Å². The molecule has 0 radical (unpaired) electrons. The average molecular weight is 418 g/mol. The van der Waals surface area contributed by atoms with Crippen LogP contribution in [0, 0.1) is 5.92 Å². The van der Waals surface area contributed by atoms with Crippen LogP contribution in [0.25, 0.3) is 0 Å². The third-order valence-corrected chi connectivity index (χ3v) is 6.41. The quantitative estimate of drug-likeness (QED) is 0.608. The van der Waals surface area contributed by atoms with Gasteiger partial charge in [-0.3, -0.25) is 0 Å². The van der Waals surface area contributed by atoms with Crippen molar-refractivity contribution < 1.29 is 9.47 Å². The molecule has 1 aliphatic heterocycles. The highest BCUT2D eigenvalue weighted by atomic mass is 79.9. The molecule has 0 saturated heterocycles. The first kappa shape index (κ1) is 14.4. The summed E-state index contributed by atoms with van der Waals surface area (Å²) in [4.78, 5) is 1.42. The number of alkyl halides is 1. The highest BCUT2D eigenvalue weighted by molar-refractivity contribution is 9.11. The number of rotatable bonds is 2. The maximum atomic E-state index is 5.84. The summed E-state index contributed by atoms with van der Waals surface area (Å²) >= 11 is 9.08. The first-order chi connectivity index (χ1) is 9.65. The van der Waals surface area contributed by atoms with Gasteiger partial charge in [0.2, 0.25) is 0 Å². The van der Waals surface area contributed by atoms with Gasteiger partial charge in [0.05, 0.1) is 18.0 Å². The molecule has 2 unspecified atom stereocenters. The van der Waals surface area contributed by atoms with Gasteiger partial charge in [0.25, 0.3) is 0 Å². The molecule has 0 fully saturated rings. The maximum absolute atomic E-state index is 5.84. The van der Waals surface area contributed by atoms with Crippen molar-refractivity contribution in [3.05, 3.63) is 44.6 Å². The maximum Gasteiger partial charge on any atom is 0.161 e. The molecule has 1 aliphatic rings. The van der Waals surface area contributed by atoms with Crippen LogP contribution in [0.4, 0.5) is 0 Å². The average Bonchev–Trinajstić information content (AvgIpc) is 2.79. The van der Waals surface area contributed by atoms with E-state index in [1.165, 1.54) is 10.4 Å². The molecule has 106 valence electrons. The molecule has 2 aromatic rings. The molecule has 2 heterocycles. The third-order valence-electron chi connectivity index (χ3n) is 3.18. The first-order valence-corrected chi connectivity index (χ1v) is 9.00. The van der Waals surface area contributed by atoms with Crippen LogP contribution in [0.1, 0.15) is 22.2 Å². The molecule has 5 heteroatoms. The predicted octanol–water partition coefficient (Wildman–Crippen LogP) is 5.40. The molecule has 0 saturated carbocycles. The van der Waals surface area contributed by atoms with Crippen LogP contribution in [-0.4, -0.2) is 13.2 Å². The first-order valence-electron chi connectivity index (χ1n) is 6.41. The van der Waals surface area contributed by atoms with Crippen molar-refractivity contribution in [1.29, 1.82) is 0 Å². The minimum Gasteiger partial charge on any atom is -0.489 e. The zero-order valence-electron chi connectivity index (χ0n) is 10.9. The predicted molar refractivity (Wildman–Crippen MR) is 89.4 cm³/mol. The van der Waals surface area contributed by atoms with Gasteiger partial charge in [0.1, 0.15) is 0 Å². The molecule has 2 nitrogen and oxygen atoms in total. The number of hydrogen-bond acceptors (Lipinski definition) is 3. The van der Waals surface area contributed by atoms with Crippen LogP contribution >= 0.6 is 43.2 Å². The molecule has 20 heavy (non-hydrogen) atoms. The van der Waals surface area contributed by atoms with Crippen molar-refractivity contribution in [1.82, 2.24) is 0 Å². The Morgan fingerprint density at radius 2 is 1.95 bits per heavy atom. The number of fused-ring (bicyclic) bond motifs is 1. The minimum absolute atomic E-state index is 0.159. The van der Waals surface area contributed by atoms with Crippen molar-refractivity contribution in [2.45, 2.75) is 11.8 Å². The van der Waals surface area contributed by atoms with Gasteiger partial charge < -0.3 is 9.47 Å². The van der Waals surface area contributed by atoms with Crippen LogP contribution < -0.4 is 9.47 Å². The van der Waals surface area contributed by atoms with Gasteiger partial charge in [-0.05, 0) is 45.1 Å². The molecule has 0 amide bonds. The fraction of sp³-hybridized carbons (Fsp3) is 0.333. The van der Waals surface area contributed by atoms with Gasteiger partial charge in [-0.2, -0.15) is 0 Å². The largest absolute Gasteiger partial charge is 0.489 e. The topological polar surface area (TPSA) is 18.5 Å². The van der Waals surface area contributed by atoms with E-state index in [4.69, 9.17) is 9.47 Å². The van der Waals surface area contributed by atoms with Gasteiger partial charge in [0, 0.05) is 15.3 Å². The summed E-state index contributed by atoms with van der Waals surface area (Å²) < 4.78 is 12.7.